The Balaban J connectivity index is 1.73. The third-order valence-electron chi connectivity index (χ3n) is 6.22. The summed E-state index contributed by atoms with van der Waals surface area (Å²) in [7, 11) is -1.46. The molecule has 1 heteroatoms. The van der Waals surface area contributed by atoms with E-state index in [0.29, 0.717) is 0 Å². The van der Waals surface area contributed by atoms with E-state index < -0.39 is 8.80 Å². The molecule has 128 valence electrons. The maximum Gasteiger partial charge on any atom is 0.134 e. The van der Waals surface area contributed by atoms with Gasteiger partial charge in [-0.15, -0.1) is 0 Å². The third-order valence-corrected chi connectivity index (χ3v) is 9.75. The predicted molar refractivity (Wildman–Crippen MR) is 118 cm³/mol. The number of hydrogen-bond donors (Lipinski definition) is 0. The second-order valence-electron chi connectivity index (χ2n) is 7.70. The molecule has 6 rings (SSSR count). The summed E-state index contributed by atoms with van der Waals surface area (Å²) in [5.41, 5.74) is 6.07. The van der Waals surface area contributed by atoms with Crippen LogP contribution in [0.5, 0.6) is 0 Å². The Morgan fingerprint density at radius 3 is 2.52 bits per heavy atom. The molecule has 1 aliphatic carbocycles. The first-order valence-electron chi connectivity index (χ1n) is 9.77. The number of benzene rings is 4. The van der Waals surface area contributed by atoms with Crippen LogP contribution in [0.1, 0.15) is 22.3 Å². The summed E-state index contributed by atoms with van der Waals surface area (Å²) in [6, 6.07) is 29.7. The van der Waals surface area contributed by atoms with Crippen molar-refractivity contribution < 1.29 is 0 Å². The minimum absolute atomic E-state index is 1.06. The first-order valence-corrected chi connectivity index (χ1v) is 11.5. The predicted octanol–water partition coefficient (Wildman–Crippen LogP) is 3.56. The molecule has 4 aromatic rings. The Labute approximate surface area is 161 Å². The van der Waals surface area contributed by atoms with Crippen LogP contribution in [0, 0.1) is 0 Å². The molecule has 1 unspecified atom stereocenters. The SMILES string of the molecule is C1=Cc2cccc3cc4c(c(c23)C1)[SiH](c1ccccc1)c1ccccc1C4. The molecule has 0 N–H and O–H groups in total. The van der Waals surface area contributed by atoms with Crippen molar-refractivity contribution in [3.8, 4) is 0 Å². The molecule has 0 bridgehead atoms. The molecule has 0 radical (unpaired) electrons. The first kappa shape index (κ1) is 15.2. The lowest BCUT2D eigenvalue weighted by Crippen LogP contribution is -2.58. The Hall–Kier alpha value is -2.90. The van der Waals surface area contributed by atoms with Gasteiger partial charge < -0.3 is 0 Å². The van der Waals surface area contributed by atoms with Gasteiger partial charge in [0.05, 0.1) is 0 Å². The number of allylic oxidation sites excluding steroid dienone is 1. The van der Waals surface area contributed by atoms with Crippen LogP contribution < -0.4 is 15.6 Å². The van der Waals surface area contributed by atoms with E-state index in [1.165, 1.54) is 27.1 Å². The van der Waals surface area contributed by atoms with Gasteiger partial charge in [-0.25, -0.2) is 0 Å². The molecule has 2 aliphatic rings. The molecule has 0 nitrogen and oxygen atoms in total. The normalized spacial score (nSPS) is 16.8. The van der Waals surface area contributed by atoms with Gasteiger partial charge in [-0.2, -0.15) is 0 Å². The zero-order valence-electron chi connectivity index (χ0n) is 15.2. The minimum Gasteiger partial charge on any atom is -0.0795 e. The van der Waals surface area contributed by atoms with Crippen molar-refractivity contribution in [2.75, 3.05) is 0 Å². The molecule has 0 spiro atoms. The molecule has 0 aromatic heterocycles. The molecular weight excluding hydrogens is 340 g/mol. The largest absolute Gasteiger partial charge is 0.134 e. The van der Waals surface area contributed by atoms with Crippen LogP contribution in [0.15, 0.2) is 84.9 Å². The highest BCUT2D eigenvalue weighted by molar-refractivity contribution is 6.96. The minimum atomic E-state index is -1.46. The molecule has 1 aliphatic heterocycles. The fourth-order valence-corrected chi connectivity index (χ4v) is 8.79. The van der Waals surface area contributed by atoms with Crippen LogP contribution in [0.25, 0.3) is 16.8 Å². The van der Waals surface area contributed by atoms with Crippen molar-refractivity contribution in [1.29, 1.82) is 0 Å². The first-order chi connectivity index (χ1) is 13.4. The summed E-state index contributed by atoms with van der Waals surface area (Å²) in [4.78, 5) is 0. The van der Waals surface area contributed by atoms with Crippen LogP contribution >= 0.6 is 0 Å². The molecule has 4 aromatic carbocycles. The van der Waals surface area contributed by atoms with E-state index in [9.17, 15) is 0 Å². The summed E-state index contributed by atoms with van der Waals surface area (Å²) in [6.45, 7) is 0. The molecule has 1 heterocycles. The molecule has 0 fully saturated rings. The molecule has 0 saturated heterocycles. The Morgan fingerprint density at radius 2 is 1.59 bits per heavy atom. The fourth-order valence-electron chi connectivity index (χ4n) is 5.14. The number of hydrogen-bond acceptors (Lipinski definition) is 0. The number of rotatable bonds is 1. The molecule has 0 saturated carbocycles. The second-order valence-corrected chi connectivity index (χ2v) is 10.4. The van der Waals surface area contributed by atoms with E-state index in [4.69, 9.17) is 0 Å². The Bertz CT molecular complexity index is 1220. The van der Waals surface area contributed by atoms with Gasteiger partial charge in [-0.1, -0.05) is 96.2 Å². The lowest BCUT2D eigenvalue weighted by molar-refractivity contribution is 1.19. The van der Waals surface area contributed by atoms with Gasteiger partial charge in [-0.05, 0) is 56.2 Å². The maximum atomic E-state index is 2.48. The Kier molecular flexibility index (Phi) is 3.26. The second kappa shape index (κ2) is 5.80. The monoisotopic (exact) mass is 360 g/mol. The lowest BCUT2D eigenvalue weighted by Gasteiger charge is -2.32. The van der Waals surface area contributed by atoms with Crippen molar-refractivity contribution in [2.45, 2.75) is 12.8 Å². The molecule has 1 atom stereocenters. The highest BCUT2D eigenvalue weighted by Gasteiger charge is 2.31. The van der Waals surface area contributed by atoms with Crippen LogP contribution in [-0.4, -0.2) is 8.80 Å². The van der Waals surface area contributed by atoms with Gasteiger partial charge in [0.25, 0.3) is 0 Å². The van der Waals surface area contributed by atoms with Crippen LogP contribution in [0.3, 0.4) is 0 Å². The van der Waals surface area contributed by atoms with Crippen molar-refractivity contribution in [2.24, 2.45) is 0 Å². The molecule has 27 heavy (non-hydrogen) atoms. The van der Waals surface area contributed by atoms with Crippen molar-refractivity contribution in [1.82, 2.24) is 0 Å². The van der Waals surface area contributed by atoms with E-state index in [0.717, 1.165) is 12.8 Å². The topological polar surface area (TPSA) is 0 Å². The van der Waals surface area contributed by atoms with Crippen LogP contribution in [-0.2, 0) is 12.8 Å². The van der Waals surface area contributed by atoms with Crippen LogP contribution in [0.4, 0.5) is 0 Å². The highest BCUT2D eigenvalue weighted by Crippen LogP contribution is 2.31. The average molecular weight is 361 g/mol. The smallest absolute Gasteiger partial charge is 0.0795 e. The summed E-state index contributed by atoms with van der Waals surface area (Å²) >= 11 is 0. The van der Waals surface area contributed by atoms with E-state index in [2.05, 4.69) is 91.0 Å². The molecule has 0 amide bonds. The van der Waals surface area contributed by atoms with Crippen LogP contribution in [0.2, 0.25) is 0 Å². The summed E-state index contributed by atoms with van der Waals surface area (Å²) in [6.07, 6.45) is 6.79. The summed E-state index contributed by atoms with van der Waals surface area (Å²) in [5, 5.41) is 7.73. The van der Waals surface area contributed by atoms with Crippen molar-refractivity contribution in [3.63, 3.8) is 0 Å². The van der Waals surface area contributed by atoms with Gasteiger partial charge in [0, 0.05) is 0 Å². The highest BCUT2D eigenvalue weighted by atomic mass is 28.3. The molecular formula is C26H20Si. The van der Waals surface area contributed by atoms with Gasteiger partial charge >= 0.3 is 0 Å². The van der Waals surface area contributed by atoms with Gasteiger partial charge in [0.1, 0.15) is 8.80 Å². The maximum absolute atomic E-state index is 2.48. The average Bonchev–Trinajstić information content (AvgIpc) is 2.73. The summed E-state index contributed by atoms with van der Waals surface area (Å²) in [5.74, 6) is 0. The quantitative estimate of drug-likeness (QED) is 0.401. The van der Waals surface area contributed by atoms with E-state index in [1.807, 2.05) is 0 Å². The zero-order valence-corrected chi connectivity index (χ0v) is 16.3. The standard InChI is InChI=1S/C26H20Si/c1-2-12-22(13-3-1)27-24-15-5-4-8-19(24)16-21-17-20-11-6-9-18-10-7-14-23(25(18)20)26(21)27/h1-13,15,17,27H,14,16H2. The van der Waals surface area contributed by atoms with E-state index in [-0.39, 0.29) is 0 Å². The summed E-state index contributed by atoms with van der Waals surface area (Å²) < 4.78 is 0. The lowest BCUT2D eigenvalue weighted by atomic mass is 9.89. The Morgan fingerprint density at radius 1 is 0.741 bits per heavy atom. The van der Waals surface area contributed by atoms with Crippen molar-refractivity contribution in [3.05, 3.63) is 107 Å². The zero-order chi connectivity index (χ0) is 17.8. The van der Waals surface area contributed by atoms with Gasteiger partial charge in [0.15, 0.2) is 0 Å². The third kappa shape index (κ3) is 2.22. The number of fused-ring (bicyclic) bond motifs is 3. The van der Waals surface area contributed by atoms with Crippen molar-refractivity contribution >= 4 is 41.2 Å². The van der Waals surface area contributed by atoms with Gasteiger partial charge in [0.2, 0.25) is 0 Å². The van der Waals surface area contributed by atoms with E-state index in [1.54, 1.807) is 21.5 Å². The van der Waals surface area contributed by atoms with E-state index >= 15 is 0 Å². The fraction of sp³-hybridized carbons (Fsp3) is 0.0769. The van der Waals surface area contributed by atoms with Gasteiger partial charge in [-0.3, -0.25) is 0 Å².